The number of benzene rings is 1. The van der Waals surface area contributed by atoms with Crippen LogP contribution in [0.2, 0.25) is 0 Å². The van der Waals surface area contributed by atoms with Crippen LogP contribution in [-0.4, -0.2) is 21.6 Å². The minimum Gasteiger partial charge on any atom is -0.328 e. The van der Waals surface area contributed by atoms with Gasteiger partial charge in [0.2, 0.25) is 0 Å². The van der Waals surface area contributed by atoms with Crippen LogP contribution >= 0.6 is 24.0 Å². The van der Waals surface area contributed by atoms with Crippen molar-refractivity contribution in [3.05, 3.63) is 28.5 Å². The Morgan fingerprint density at radius 3 is 2.83 bits per heavy atom. The quantitative estimate of drug-likeness (QED) is 0.660. The van der Waals surface area contributed by atoms with E-state index in [1.54, 1.807) is 16.3 Å². The van der Waals surface area contributed by atoms with E-state index < -0.39 is 11.6 Å². The zero-order valence-electron chi connectivity index (χ0n) is 10.0. The molecule has 98 valence electrons. The number of nitrogens with one attached hydrogen (secondary N) is 1. The minimum atomic E-state index is -0.598. The third-order valence-electron chi connectivity index (χ3n) is 2.78. The molecule has 2 rings (SSSR count). The molecule has 0 fully saturated rings. The number of imidazole rings is 1. The molecular weight excluding hydrogens is 274 g/mol. The number of nitrogens with zero attached hydrogens (tertiary/aromatic N) is 1. The molecule has 0 radical (unpaired) electrons. The molecule has 2 nitrogen and oxygen atoms in total. The van der Waals surface area contributed by atoms with Crippen LogP contribution in [0.4, 0.5) is 8.78 Å². The monoisotopic (exact) mass is 288 g/mol. The number of aromatic nitrogens is 2. The predicted molar refractivity (Wildman–Crippen MR) is 74.7 cm³/mol. The molecule has 0 aliphatic carbocycles. The average molecular weight is 288 g/mol. The van der Waals surface area contributed by atoms with E-state index in [4.69, 9.17) is 12.2 Å². The minimum absolute atomic E-state index is 0.284. The van der Waals surface area contributed by atoms with Crippen molar-refractivity contribution in [1.82, 2.24) is 9.55 Å². The topological polar surface area (TPSA) is 20.7 Å². The Morgan fingerprint density at radius 1 is 1.33 bits per heavy atom. The number of fused-ring (bicyclic) bond motifs is 1. The van der Waals surface area contributed by atoms with Gasteiger partial charge in [0.15, 0.2) is 10.6 Å². The van der Waals surface area contributed by atoms with Gasteiger partial charge in [-0.25, -0.2) is 8.78 Å². The van der Waals surface area contributed by atoms with E-state index in [-0.39, 0.29) is 5.52 Å². The number of unbranched alkanes of at least 4 members (excludes halogenated alkanes) is 1. The number of hydrogen-bond acceptors (Lipinski definition) is 2. The Labute approximate surface area is 113 Å². The predicted octanol–water partition coefficient (Wildman–Crippen LogP) is 4.12. The van der Waals surface area contributed by atoms with Gasteiger partial charge in [-0.15, -0.1) is 0 Å². The van der Waals surface area contributed by atoms with Gasteiger partial charge in [-0.3, -0.25) is 0 Å². The van der Waals surface area contributed by atoms with Crippen LogP contribution in [0.15, 0.2) is 12.1 Å². The van der Waals surface area contributed by atoms with Gasteiger partial charge in [0.25, 0.3) is 0 Å². The summed E-state index contributed by atoms with van der Waals surface area (Å²) < 4.78 is 29.0. The lowest BCUT2D eigenvalue weighted by atomic mass is 10.3. The van der Waals surface area contributed by atoms with Crippen molar-refractivity contribution in [2.24, 2.45) is 0 Å². The summed E-state index contributed by atoms with van der Waals surface area (Å²) in [6, 6.07) is 2.19. The van der Waals surface area contributed by atoms with Crippen LogP contribution in [0.5, 0.6) is 0 Å². The summed E-state index contributed by atoms with van der Waals surface area (Å²) in [7, 11) is 0. The van der Waals surface area contributed by atoms with Crippen LogP contribution < -0.4 is 0 Å². The molecular formula is C12H14F2N2S2. The molecule has 0 saturated heterocycles. The largest absolute Gasteiger partial charge is 0.328 e. The highest BCUT2D eigenvalue weighted by atomic mass is 32.2. The van der Waals surface area contributed by atoms with Crippen molar-refractivity contribution in [3.8, 4) is 0 Å². The van der Waals surface area contributed by atoms with Crippen molar-refractivity contribution in [1.29, 1.82) is 0 Å². The third-order valence-corrected chi connectivity index (χ3v) is 3.80. The van der Waals surface area contributed by atoms with Crippen LogP contribution in [0, 0.1) is 16.4 Å². The number of rotatable bonds is 5. The molecule has 0 unspecified atom stereocenters. The lowest BCUT2D eigenvalue weighted by Crippen LogP contribution is -1.99. The molecule has 0 bridgehead atoms. The molecule has 0 aliphatic rings. The maximum atomic E-state index is 13.5. The average Bonchev–Trinajstić information content (AvgIpc) is 2.62. The van der Waals surface area contributed by atoms with Crippen molar-refractivity contribution >= 4 is 35.0 Å². The van der Waals surface area contributed by atoms with Gasteiger partial charge in [-0.1, -0.05) is 0 Å². The fourth-order valence-electron chi connectivity index (χ4n) is 1.92. The Hall–Kier alpha value is -0.880. The van der Waals surface area contributed by atoms with E-state index in [9.17, 15) is 8.78 Å². The molecule has 2 aromatic rings. The normalized spacial score (nSPS) is 11.3. The number of thioether (sulfide) groups is 1. The van der Waals surface area contributed by atoms with E-state index in [0.29, 0.717) is 16.8 Å². The second kappa shape index (κ2) is 5.84. The highest BCUT2D eigenvalue weighted by Gasteiger charge is 2.10. The molecule has 0 aliphatic heterocycles. The number of H-pyrrole nitrogens is 1. The van der Waals surface area contributed by atoms with E-state index >= 15 is 0 Å². The fraction of sp³-hybridized carbons (Fsp3) is 0.417. The Bertz CT molecular complexity index is 604. The lowest BCUT2D eigenvalue weighted by molar-refractivity contribution is 0.588. The number of halogens is 2. The summed E-state index contributed by atoms with van der Waals surface area (Å²) in [5.74, 6) is -0.0934. The van der Waals surface area contributed by atoms with Gasteiger partial charge >= 0.3 is 0 Å². The molecule has 0 saturated carbocycles. The van der Waals surface area contributed by atoms with Crippen LogP contribution in [0.1, 0.15) is 12.8 Å². The molecule has 1 aromatic carbocycles. The van der Waals surface area contributed by atoms with Crippen LogP contribution in [0.3, 0.4) is 0 Å². The van der Waals surface area contributed by atoms with Crippen molar-refractivity contribution in [3.63, 3.8) is 0 Å². The second-order valence-corrected chi connectivity index (χ2v) is 5.44. The van der Waals surface area contributed by atoms with E-state index in [0.717, 1.165) is 24.7 Å². The Balaban J connectivity index is 2.32. The second-order valence-electron chi connectivity index (χ2n) is 4.06. The van der Waals surface area contributed by atoms with Crippen molar-refractivity contribution in [2.45, 2.75) is 19.4 Å². The molecule has 18 heavy (non-hydrogen) atoms. The summed E-state index contributed by atoms with van der Waals surface area (Å²) in [4.78, 5) is 2.79. The summed E-state index contributed by atoms with van der Waals surface area (Å²) in [6.07, 6.45) is 4.07. The smallest absolute Gasteiger partial charge is 0.178 e. The fourth-order valence-corrected chi connectivity index (χ4v) is 2.70. The maximum absolute atomic E-state index is 13.5. The van der Waals surface area contributed by atoms with Gasteiger partial charge in [0, 0.05) is 12.6 Å². The first kappa shape index (κ1) is 13.5. The van der Waals surface area contributed by atoms with Crippen LogP contribution in [0.25, 0.3) is 11.0 Å². The lowest BCUT2D eigenvalue weighted by Gasteiger charge is -2.04. The summed E-state index contributed by atoms with van der Waals surface area (Å²) >= 11 is 6.94. The maximum Gasteiger partial charge on any atom is 0.178 e. The summed E-state index contributed by atoms with van der Waals surface area (Å²) in [5, 5.41) is 0. The van der Waals surface area contributed by atoms with E-state index in [1.807, 2.05) is 0 Å². The first-order chi connectivity index (χ1) is 8.63. The van der Waals surface area contributed by atoms with Gasteiger partial charge < -0.3 is 9.55 Å². The van der Waals surface area contributed by atoms with Crippen molar-refractivity contribution in [2.75, 3.05) is 12.0 Å². The van der Waals surface area contributed by atoms with Gasteiger partial charge in [0.1, 0.15) is 11.3 Å². The SMILES string of the molecule is CSCCCCn1c(=S)[nH]c2c(F)cc(F)cc21. The summed E-state index contributed by atoms with van der Waals surface area (Å²) in [5.41, 5.74) is 0.785. The number of hydrogen-bond donors (Lipinski definition) is 1. The zero-order valence-corrected chi connectivity index (χ0v) is 11.6. The van der Waals surface area contributed by atoms with Crippen LogP contribution in [-0.2, 0) is 6.54 Å². The highest BCUT2D eigenvalue weighted by molar-refractivity contribution is 7.98. The molecule has 1 heterocycles. The standard InChI is InChI=1S/C12H14F2N2S2/c1-18-5-3-2-4-16-10-7-8(13)6-9(14)11(10)15-12(16)17/h6-7H,2-5H2,1H3,(H,15,17). The summed E-state index contributed by atoms with van der Waals surface area (Å²) in [6.45, 7) is 0.683. The van der Waals surface area contributed by atoms with E-state index in [1.165, 1.54) is 6.07 Å². The third kappa shape index (κ3) is 2.75. The van der Waals surface area contributed by atoms with Gasteiger partial charge in [-0.05, 0) is 43.1 Å². The zero-order chi connectivity index (χ0) is 13.1. The molecule has 6 heteroatoms. The Morgan fingerprint density at radius 2 is 2.11 bits per heavy atom. The van der Waals surface area contributed by atoms with E-state index in [2.05, 4.69) is 11.2 Å². The molecule has 0 spiro atoms. The molecule has 1 aromatic heterocycles. The van der Waals surface area contributed by atoms with Gasteiger partial charge in [0.05, 0.1) is 5.52 Å². The number of aromatic amines is 1. The molecule has 0 amide bonds. The number of aryl methyl sites for hydroxylation is 1. The highest BCUT2D eigenvalue weighted by Crippen LogP contribution is 2.20. The van der Waals surface area contributed by atoms with Crippen molar-refractivity contribution < 1.29 is 8.78 Å². The first-order valence-electron chi connectivity index (χ1n) is 5.70. The molecule has 1 N–H and O–H groups in total. The molecule has 0 atom stereocenters. The first-order valence-corrected chi connectivity index (χ1v) is 7.50. The van der Waals surface area contributed by atoms with Gasteiger partial charge in [-0.2, -0.15) is 11.8 Å². The Kier molecular flexibility index (Phi) is 4.40.